The molecule has 0 spiro atoms. The molecular formula is C32H24FNO4. The molecule has 1 aliphatic heterocycles. The first-order chi connectivity index (χ1) is 18.6. The molecule has 0 amide bonds. The van der Waals surface area contributed by atoms with Crippen LogP contribution in [0.3, 0.4) is 0 Å². The summed E-state index contributed by atoms with van der Waals surface area (Å²) in [6, 6.07) is 29.1. The summed E-state index contributed by atoms with van der Waals surface area (Å²) in [4.78, 5) is 11.5. The number of halogens is 1. The number of fused-ring (bicyclic) bond motifs is 1. The average Bonchev–Trinajstić information content (AvgIpc) is 3.60. The van der Waals surface area contributed by atoms with E-state index in [0.29, 0.717) is 25.4 Å². The van der Waals surface area contributed by atoms with Gasteiger partial charge < -0.3 is 19.1 Å². The van der Waals surface area contributed by atoms with Gasteiger partial charge in [-0.15, -0.1) is 0 Å². The van der Waals surface area contributed by atoms with Gasteiger partial charge in [0.2, 0.25) is 0 Å². The Morgan fingerprint density at radius 1 is 0.921 bits per heavy atom. The Labute approximate surface area is 219 Å². The quantitative estimate of drug-likeness (QED) is 0.249. The molecule has 6 heteroatoms. The van der Waals surface area contributed by atoms with Gasteiger partial charge in [-0.2, -0.15) is 0 Å². The van der Waals surface area contributed by atoms with Crippen LogP contribution in [0.15, 0.2) is 103 Å². The van der Waals surface area contributed by atoms with Crippen molar-refractivity contribution in [2.45, 2.75) is 13.0 Å². The van der Waals surface area contributed by atoms with Crippen molar-refractivity contribution in [1.82, 2.24) is 4.57 Å². The highest BCUT2D eigenvalue weighted by molar-refractivity contribution is 6.07. The van der Waals surface area contributed by atoms with Crippen molar-refractivity contribution in [3.05, 3.63) is 126 Å². The van der Waals surface area contributed by atoms with Crippen LogP contribution in [0.25, 0.3) is 33.3 Å². The van der Waals surface area contributed by atoms with Gasteiger partial charge in [0.05, 0.1) is 35.0 Å². The fourth-order valence-corrected chi connectivity index (χ4v) is 4.95. The number of hydrogen-bond donors (Lipinski definition) is 1. The highest BCUT2D eigenvalue weighted by Gasteiger charge is 2.27. The van der Waals surface area contributed by atoms with Crippen LogP contribution in [0.4, 0.5) is 4.39 Å². The monoisotopic (exact) mass is 505 g/mol. The second-order valence-corrected chi connectivity index (χ2v) is 9.11. The van der Waals surface area contributed by atoms with E-state index in [1.165, 1.54) is 12.1 Å². The van der Waals surface area contributed by atoms with Crippen molar-refractivity contribution < 1.29 is 23.8 Å². The van der Waals surface area contributed by atoms with Crippen LogP contribution in [0.5, 0.6) is 5.75 Å². The van der Waals surface area contributed by atoms with E-state index in [9.17, 15) is 14.3 Å². The lowest BCUT2D eigenvalue weighted by atomic mass is 9.96. The first kappa shape index (κ1) is 23.6. The van der Waals surface area contributed by atoms with E-state index >= 15 is 0 Å². The summed E-state index contributed by atoms with van der Waals surface area (Å²) in [6.07, 6.45) is 2.48. The number of benzene rings is 4. The SMILES string of the molecule is O=C(O)c1ccc(-c2c(C3=COCC3)n(-c3ccc(F)cc3)c3cccc(OCc4ccccc4)c23)cc1. The number of rotatable bonds is 7. The molecule has 5 nitrogen and oxygen atoms in total. The molecule has 0 saturated heterocycles. The fraction of sp³-hybridized carbons (Fsp3) is 0.0938. The zero-order valence-corrected chi connectivity index (χ0v) is 20.4. The van der Waals surface area contributed by atoms with Crippen LogP contribution >= 0.6 is 0 Å². The van der Waals surface area contributed by atoms with E-state index in [-0.39, 0.29) is 11.4 Å². The van der Waals surface area contributed by atoms with Gasteiger partial charge in [0.1, 0.15) is 18.2 Å². The van der Waals surface area contributed by atoms with E-state index in [0.717, 1.165) is 44.5 Å². The second-order valence-electron chi connectivity index (χ2n) is 9.11. The molecule has 0 unspecified atom stereocenters. The number of aromatic nitrogens is 1. The smallest absolute Gasteiger partial charge is 0.335 e. The number of ether oxygens (including phenoxy) is 2. The van der Waals surface area contributed by atoms with Gasteiger partial charge in [0, 0.05) is 23.2 Å². The molecule has 0 radical (unpaired) electrons. The number of aromatic carboxylic acids is 1. The minimum absolute atomic E-state index is 0.210. The van der Waals surface area contributed by atoms with Gasteiger partial charge in [-0.3, -0.25) is 0 Å². The predicted molar refractivity (Wildman–Crippen MR) is 145 cm³/mol. The molecule has 1 aromatic heterocycles. The van der Waals surface area contributed by atoms with Crippen LogP contribution in [0, 0.1) is 5.82 Å². The third-order valence-corrected chi connectivity index (χ3v) is 6.72. The summed E-state index contributed by atoms with van der Waals surface area (Å²) in [5.41, 5.74) is 6.60. The van der Waals surface area contributed by atoms with Crippen LogP contribution in [0.2, 0.25) is 0 Å². The molecule has 188 valence electrons. The lowest BCUT2D eigenvalue weighted by Gasteiger charge is -2.13. The molecular weight excluding hydrogens is 481 g/mol. The van der Waals surface area contributed by atoms with Crippen LogP contribution in [0.1, 0.15) is 28.0 Å². The summed E-state index contributed by atoms with van der Waals surface area (Å²) in [6.45, 7) is 0.954. The first-order valence-corrected chi connectivity index (χ1v) is 12.3. The fourth-order valence-electron chi connectivity index (χ4n) is 4.95. The number of nitrogens with zero attached hydrogens (tertiary/aromatic N) is 1. The Bertz CT molecular complexity index is 1650. The van der Waals surface area contributed by atoms with E-state index < -0.39 is 5.97 Å². The Morgan fingerprint density at radius 3 is 2.37 bits per heavy atom. The van der Waals surface area contributed by atoms with Gasteiger partial charge in [-0.1, -0.05) is 48.5 Å². The maximum atomic E-state index is 13.9. The lowest BCUT2D eigenvalue weighted by molar-refractivity contribution is 0.0697. The standard InChI is InChI=1S/C32H24FNO4/c33-25-13-15-26(16-14-25)34-27-7-4-8-28(38-19-21-5-2-1-3-6-21)30(27)29(31(34)24-17-18-37-20-24)22-9-11-23(12-10-22)32(35)36/h1-16,20H,17-19H2,(H,35,36). The number of hydrogen-bond acceptors (Lipinski definition) is 3. The molecule has 0 atom stereocenters. The molecule has 1 N–H and O–H groups in total. The minimum Gasteiger partial charge on any atom is -0.500 e. The van der Waals surface area contributed by atoms with Crippen LogP contribution < -0.4 is 4.74 Å². The maximum absolute atomic E-state index is 13.9. The third kappa shape index (κ3) is 4.30. The molecule has 0 aliphatic carbocycles. The zero-order chi connectivity index (χ0) is 26.1. The molecule has 2 heterocycles. The summed E-state index contributed by atoms with van der Waals surface area (Å²) < 4.78 is 28.1. The van der Waals surface area contributed by atoms with Crippen LogP contribution in [-0.4, -0.2) is 22.2 Å². The van der Waals surface area contributed by atoms with Crippen LogP contribution in [-0.2, 0) is 11.3 Å². The Balaban J connectivity index is 1.63. The normalized spacial score (nSPS) is 12.8. The molecule has 4 aromatic carbocycles. The van der Waals surface area contributed by atoms with E-state index in [1.807, 2.05) is 60.7 Å². The number of carbonyl (C=O) groups is 1. The van der Waals surface area contributed by atoms with Crippen molar-refractivity contribution in [3.8, 4) is 22.6 Å². The molecule has 0 saturated carbocycles. The highest BCUT2D eigenvalue weighted by atomic mass is 19.1. The summed E-state index contributed by atoms with van der Waals surface area (Å²) in [7, 11) is 0. The maximum Gasteiger partial charge on any atom is 0.335 e. The van der Waals surface area contributed by atoms with Gasteiger partial charge in [0.25, 0.3) is 0 Å². The van der Waals surface area contributed by atoms with E-state index in [2.05, 4.69) is 4.57 Å². The molecule has 5 aromatic rings. The Morgan fingerprint density at radius 2 is 1.68 bits per heavy atom. The van der Waals surface area contributed by atoms with Gasteiger partial charge >= 0.3 is 5.97 Å². The minimum atomic E-state index is -0.982. The third-order valence-electron chi connectivity index (χ3n) is 6.72. The number of carboxylic acid groups (broad SMARTS) is 1. The highest BCUT2D eigenvalue weighted by Crippen LogP contribution is 2.46. The van der Waals surface area contributed by atoms with Crippen molar-refractivity contribution in [1.29, 1.82) is 0 Å². The molecule has 1 aliphatic rings. The van der Waals surface area contributed by atoms with Gasteiger partial charge in [-0.05, 0) is 59.7 Å². The Kier molecular flexibility index (Phi) is 6.14. The first-order valence-electron chi connectivity index (χ1n) is 12.3. The summed E-state index contributed by atoms with van der Waals surface area (Å²) in [5, 5.41) is 10.3. The topological polar surface area (TPSA) is 60.7 Å². The van der Waals surface area contributed by atoms with Gasteiger partial charge in [0.15, 0.2) is 0 Å². The predicted octanol–water partition coefficient (Wildman–Crippen LogP) is 7.48. The average molecular weight is 506 g/mol. The van der Waals surface area contributed by atoms with Crippen molar-refractivity contribution in [2.24, 2.45) is 0 Å². The van der Waals surface area contributed by atoms with E-state index in [4.69, 9.17) is 9.47 Å². The van der Waals surface area contributed by atoms with Crippen molar-refractivity contribution in [2.75, 3.05) is 6.61 Å². The zero-order valence-electron chi connectivity index (χ0n) is 20.4. The molecule has 0 bridgehead atoms. The lowest BCUT2D eigenvalue weighted by Crippen LogP contribution is -2.01. The summed E-state index contributed by atoms with van der Waals surface area (Å²) in [5.74, 6) is -0.596. The number of carboxylic acids is 1. The summed E-state index contributed by atoms with van der Waals surface area (Å²) >= 11 is 0. The van der Waals surface area contributed by atoms with Gasteiger partial charge in [-0.25, -0.2) is 9.18 Å². The Hall–Kier alpha value is -4.84. The van der Waals surface area contributed by atoms with E-state index in [1.54, 1.807) is 30.5 Å². The molecule has 0 fully saturated rings. The molecule has 6 rings (SSSR count). The van der Waals surface area contributed by atoms with Crippen molar-refractivity contribution in [3.63, 3.8) is 0 Å². The van der Waals surface area contributed by atoms with Crippen molar-refractivity contribution >= 4 is 22.4 Å². The second kappa shape index (κ2) is 9.90. The largest absolute Gasteiger partial charge is 0.500 e. The molecule has 38 heavy (non-hydrogen) atoms.